The van der Waals surface area contributed by atoms with E-state index in [0.717, 1.165) is 6.20 Å². The lowest BCUT2D eigenvalue weighted by molar-refractivity contribution is 0.0698. The van der Waals surface area contributed by atoms with Crippen LogP contribution in [0.2, 0.25) is 0 Å². The Morgan fingerprint density at radius 2 is 2.29 bits per heavy atom. The van der Waals surface area contributed by atoms with Gasteiger partial charge in [-0.1, -0.05) is 0 Å². The van der Waals surface area contributed by atoms with Crippen molar-refractivity contribution in [2.75, 3.05) is 0 Å². The number of hydrogen-bond donors (Lipinski definition) is 1. The van der Waals surface area contributed by atoms with Crippen molar-refractivity contribution in [2.45, 2.75) is 6.92 Å². The molecule has 2 rings (SSSR count). The van der Waals surface area contributed by atoms with Gasteiger partial charge in [-0.15, -0.1) is 0 Å². The topological polar surface area (TPSA) is 54.6 Å². The van der Waals surface area contributed by atoms with Crippen molar-refractivity contribution < 1.29 is 14.3 Å². The summed E-state index contributed by atoms with van der Waals surface area (Å²) in [5.74, 6) is -1.50. The van der Waals surface area contributed by atoms with Gasteiger partial charge in [0.1, 0.15) is 11.4 Å². The molecule has 2 aromatic heterocycles. The summed E-state index contributed by atoms with van der Waals surface area (Å²) in [6.45, 7) is 1.58. The Labute approximate surface area is 78.6 Å². The van der Waals surface area contributed by atoms with Crippen LogP contribution in [-0.2, 0) is 0 Å². The Morgan fingerprint density at radius 1 is 1.57 bits per heavy atom. The molecule has 2 heterocycles. The lowest BCUT2D eigenvalue weighted by Crippen LogP contribution is -1.97. The fourth-order valence-corrected chi connectivity index (χ4v) is 1.41. The van der Waals surface area contributed by atoms with Crippen molar-refractivity contribution in [3.8, 4) is 0 Å². The number of carboxylic acids is 1. The van der Waals surface area contributed by atoms with E-state index in [1.54, 1.807) is 6.92 Å². The van der Waals surface area contributed by atoms with Crippen LogP contribution in [0.5, 0.6) is 0 Å². The Hall–Kier alpha value is -1.91. The van der Waals surface area contributed by atoms with Gasteiger partial charge in [-0.05, 0) is 19.1 Å². The Balaban J connectivity index is 2.84. The number of hydrogen-bond acceptors (Lipinski definition) is 2. The molecule has 72 valence electrons. The van der Waals surface area contributed by atoms with E-state index in [-0.39, 0.29) is 5.56 Å². The Bertz CT molecular complexity index is 519. The number of halogens is 1. The van der Waals surface area contributed by atoms with Gasteiger partial charge in [-0.3, -0.25) is 0 Å². The van der Waals surface area contributed by atoms with Crippen LogP contribution in [0.1, 0.15) is 16.1 Å². The minimum absolute atomic E-state index is 0.116. The van der Waals surface area contributed by atoms with E-state index in [2.05, 4.69) is 5.10 Å². The summed E-state index contributed by atoms with van der Waals surface area (Å²) in [6.07, 6.45) is 1.15. The van der Waals surface area contributed by atoms with Gasteiger partial charge in [-0.25, -0.2) is 13.7 Å². The summed E-state index contributed by atoms with van der Waals surface area (Å²) in [5.41, 5.74) is 0.893. The van der Waals surface area contributed by atoms with E-state index in [1.807, 2.05) is 0 Å². The summed E-state index contributed by atoms with van der Waals surface area (Å²) in [5, 5.41) is 12.8. The number of rotatable bonds is 1. The van der Waals surface area contributed by atoms with Gasteiger partial charge in [0.25, 0.3) is 0 Å². The van der Waals surface area contributed by atoms with Gasteiger partial charge in [0.05, 0.1) is 17.4 Å². The lowest BCUT2D eigenvalue weighted by Gasteiger charge is -1.93. The minimum atomic E-state index is -1.05. The summed E-state index contributed by atoms with van der Waals surface area (Å²) < 4.78 is 14.0. The summed E-state index contributed by atoms with van der Waals surface area (Å²) in [7, 11) is 0. The van der Waals surface area contributed by atoms with Crippen LogP contribution in [0.15, 0.2) is 18.3 Å². The van der Waals surface area contributed by atoms with E-state index < -0.39 is 11.8 Å². The monoisotopic (exact) mass is 194 g/mol. The number of carboxylic acid groups (broad SMARTS) is 1. The number of fused-ring (bicyclic) bond motifs is 1. The molecule has 0 aliphatic carbocycles. The SMILES string of the molecule is Cc1nn2cc(F)ccc2c1C(=O)O. The van der Waals surface area contributed by atoms with Crippen LogP contribution in [-0.4, -0.2) is 20.7 Å². The number of aromatic carboxylic acids is 1. The molecule has 0 spiro atoms. The maximum atomic E-state index is 12.8. The van der Waals surface area contributed by atoms with Crippen molar-refractivity contribution >= 4 is 11.5 Å². The lowest BCUT2D eigenvalue weighted by atomic mass is 10.2. The first kappa shape index (κ1) is 8.68. The Kier molecular flexibility index (Phi) is 1.73. The highest BCUT2D eigenvalue weighted by Crippen LogP contribution is 2.15. The minimum Gasteiger partial charge on any atom is -0.478 e. The molecule has 0 saturated carbocycles. The normalized spacial score (nSPS) is 10.7. The van der Waals surface area contributed by atoms with Crippen LogP contribution in [0.25, 0.3) is 5.52 Å². The molecule has 14 heavy (non-hydrogen) atoms. The second kappa shape index (κ2) is 2.80. The molecule has 0 saturated heterocycles. The summed E-state index contributed by atoms with van der Waals surface area (Å²) >= 11 is 0. The van der Waals surface area contributed by atoms with Crippen molar-refractivity contribution in [1.29, 1.82) is 0 Å². The van der Waals surface area contributed by atoms with Gasteiger partial charge in [0.2, 0.25) is 0 Å². The molecule has 0 aromatic carbocycles. The van der Waals surface area contributed by atoms with Crippen LogP contribution < -0.4 is 0 Å². The predicted octanol–water partition coefficient (Wildman–Crippen LogP) is 1.48. The van der Waals surface area contributed by atoms with Crippen LogP contribution in [0.3, 0.4) is 0 Å². The molecular weight excluding hydrogens is 187 g/mol. The van der Waals surface area contributed by atoms with E-state index in [4.69, 9.17) is 5.11 Å². The number of carbonyl (C=O) groups is 1. The standard InChI is InChI=1S/C9H7FN2O2/c1-5-8(9(13)14)7-3-2-6(10)4-12(7)11-5/h2-4H,1H3,(H,13,14). The molecule has 0 aliphatic rings. The smallest absolute Gasteiger partial charge is 0.339 e. The average molecular weight is 194 g/mol. The summed E-state index contributed by atoms with van der Waals surface area (Å²) in [6, 6.07) is 2.61. The number of aromatic nitrogens is 2. The van der Waals surface area contributed by atoms with E-state index in [0.29, 0.717) is 11.2 Å². The zero-order valence-electron chi connectivity index (χ0n) is 7.36. The fourth-order valence-electron chi connectivity index (χ4n) is 1.41. The molecule has 2 aromatic rings. The quantitative estimate of drug-likeness (QED) is 0.748. The first-order valence-corrected chi connectivity index (χ1v) is 3.97. The number of aryl methyl sites for hydroxylation is 1. The van der Waals surface area contributed by atoms with E-state index >= 15 is 0 Å². The highest BCUT2D eigenvalue weighted by molar-refractivity contribution is 5.96. The molecule has 5 heteroatoms. The maximum Gasteiger partial charge on any atom is 0.339 e. The maximum absolute atomic E-state index is 12.8. The second-order valence-electron chi connectivity index (χ2n) is 2.94. The van der Waals surface area contributed by atoms with E-state index in [1.165, 1.54) is 16.6 Å². The van der Waals surface area contributed by atoms with Crippen LogP contribution >= 0.6 is 0 Å². The molecule has 0 bridgehead atoms. The molecule has 0 atom stereocenters. The third kappa shape index (κ3) is 1.14. The van der Waals surface area contributed by atoms with E-state index in [9.17, 15) is 9.18 Å². The van der Waals surface area contributed by atoms with Crippen LogP contribution in [0.4, 0.5) is 4.39 Å². The van der Waals surface area contributed by atoms with Crippen molar-refractivity contribution in [2.24, 2.45) is 0 Å². The van der Waals surface area contributed by atoms with Crippen LogP contribution in [0, 0.1) is 12.7 Å². The third-order valence-electron chi connectivity index (χ3n) is 1.98. The van der Waals surface area contributed by atoms with Gasteiger partial charge >= 0.3 is 5.97 Å². The molecule has 0 fully saturated rings. The highest BCUT2D eigenvalue weighted by Gasteiger charge is 2.15. The van der Waals surface area contributed by atoms with Gasteiger partial charge in [0.15, 0.2) is 0 Å². The first-order valence-electron chi connectivity index (χ1n) is 3.97. The molecule has 0 radical (unpaired) electrons. The zero-order valence-corrected chi connectivity index (χ0v) is 7.36. The molecule has 4 nitrogen and oxygen atoms in total. The molecule has 1 N–H and O–H groups in total. The fraction of sp³-hybridized carbons (Fsp3) is 0.111. The molecule has 0 unspecified atom stereocenters. The zero-order chi connectivity index (χ0) is 10.3. The molecule has 0 aliphatic heterocycles. The number of nitrogens with zero attached hydrogens (tertiary/aromatic N) is 2. The van der Waals surface area contributed by atoms with Gasteiger partial charge in [0, 0.05) is 0 Å². The predicted molar refractivity (Wildman–Crippen MR) is 46.8 cm³/mol. The average Bonchev–Trinajstić information content (AvgIpc) is 2.39. The highest BCUT2D eigenvalue weighted by atomic mass is 19.1. The van der Waals surface area contributed by atoms with Gasteiger partial charge < -0.3 is 5.11 Å². The van der Waals surface area contributed by atoms with Crippen molar-refractivity contribution in [3.05, 3.63) is 35.4 Å². The summed E-state index contributed by atoms with van der Waals surface area (Å²) in [4.78, 5) is 10.8. The van der Waals surface area contributed by atoms with Crippen molar-refractivity contribution in [1.82, 2.24) is 9.61 Å². The second-order valence-corrected chi connectivity index (χ2v) is 2.94. The van der Waals surface area contributed by atoms with Crippen molar-refractivity contribution in [3.63, 3.8) is 0 Å². The first-order chi connectivity index (χ1) is 6.59. The largest absolute Gasteiger partial charge is 0.478 e. The number of pyridine rings is 1. The molecular formula is C9H7FN2O2. The van der Waals surface area contributed by atoms with Gasteiger partial charge in [-0.2, -0.15) is 5.10 Å². The Morgan fingerprint density at radius 3 is 2.93 bits per heavy atom. The third-order valence-corrected chi connectivity index (χ3v) is 1.98. The molecule has 0 amide bonds.